The highest BCUT2D eigenvalue weighted by Crippen LogP contribution is 2.39. The minimum Gasteiger partial charge on any atom is -0.307 e. The van der Waals surface area contributed by atoms with Gasteiger partial charge in [0.25, 0.3) is 0 Å². The summed E-state index contributed by atoms with van der Waals surface area (Å²) in [6.07, 6.45) is 5.14. The molecule has 2 aliphatic carbocycles. The fraction of sp³-hybridized carbons (Fsp3) is 0.600. The minimum atomic E-state index is 0.643. The Bertz CT molecular complexity index is 677. The van der Waals surface area contributed by atoms with E-state index in [0.29, 0.717) is 12.0 Å². The summed E-state index contributed by atoms with van der Waals surface area (Å²) in [4.78, 5) is 3.94. The van der Waals surface area contributed by atoms with Crippen molar-refractivity contribution in [3.63, 3.8) is 0 Å². The molecule has 0 aliphatic heterocycles. The summed E-state index contributed by atoms with van der Waals surface area (Å²) in [7, 11) is 2.06. The zero-order chi connectivity index (χ0) is 14.4. The van der Waals surface area contributed by atoms with Crippen molar-refractivity contribution in [3.8, 4) is 0 Å². The summed E-state index contributed by atoms with van der Waals surface area (Å²) in [5.41, 5.74) is 0. The van der Waals surface area contributed by atoms with Gasteiger partial charge in [0.2, 0.25) is 0 Å². The van der Waals surface area contributed by atoms with Crippen LogP contribution in [0.4, 0.5) is 0 Å². The molecule has 0 aromatic carbocycles. The number of rotatable bonds is 6. The van der Waals surface area contributed by atoms with Gasteiger partial charge < -0.3 is 4.57 Å². The average Bonchev–Trinajstić information content (AvgIpc) is 3.40. The molecule has 4 nitrogen and oxygen atoms in total. The van der Waals surface area contributed by atoms with E-state index in [4.69, 9.17) is 17.3 Å². The molecule has 2 aromatic heterocycles. The van der Waals surface area contributed by atoms with E-state index in [-0.39, 0.29) is 0 Å². The Kier molecular flexibility index (Phi) is 3.47. The third-order valence-electron chi connectivity index (χ3n) is 4.33. The van der Waals surface area contributed by atoms with E-state index in [1.165, 1.54) is 36.4 Å². The molecule has 0 spiro atoms. The van der Waals surface area contributed by atoms with Gasteiger partial charge in [-0.15, -0.1) is 11.3 Å². The van der Waals surface area contributed by atoms with Crippen LogP contribution in [0.2, 0.25) is 0 Å². The lowest BCUT2D eigenvalue weighted by Crippen LogP contribution is -2.28. The first-order valence-corrected chi connectivity index (χ1v) is 8.91. The topological polar surface area (TPSA) is 26.0 Å². The molecule has 4 rings (SSSR count). The lowest BCUT2D eigenvalue weighted by atomic mass is 10.4. The fourth-order valence-corrected chi connectivity index (χ4v) is 3.72. The van der Waals surface area contributed by atoms with Gasteiger partial charge in [0.15, 0.2) is 4.77 Å². The maximum Gasteiger partial charge on any atom is 0.198 e. The lowest BCUT2D eigenvalue weighted by Gasteiger charge is -2.20. The Hall–Kier alpha value is -0.980. The Balaban J connectivity index is 1.55. The predicted octanol–water partition coefficient (Wildman–Crippen LogP) is 3.51. The number of thiophene rings is 1. The highest BCUT2D eigenvalue weighted by atomic mass is 32.1. The zero-order valence-electron chi connectivity index (χ0n) is 12.2. The Morgan fingerprint density at radius 1 is 1.38 bits per heavy atom. The quantitative estimate of drug-likeness (QED) is 0.762. The number of hydrogen-bond donors (Lipinski definition) is 0. The number of aromatic nitrogens is 3. The molecule has 0 saturated heterocycles. The molecule has 112 valence electrons. The van der Waals surface area contributed by atoms with Crippen LogP contribution in [0.25, 0.3) is 0 Å². The van der Waals surface area contributed by atoms with Gasteiger partial charge in [-0.05, 0) is 49.3 Å². The second-order valence-corrected chi connectivity index (χ2v) is 7.57. The maximum atomic E-state index is 5.57. The van der Waals surface area contributed by atoms with E-state index in [1.54, 1.807) is 0 Å². The van der Waals surface area contributed by atoms with Crippen LogP contribution < -0.4 is 0 Å². The van der Waals surface area contributed by atoms with Crippen molar-refractivity contribution in [1.29, 1.82) is 0 Å². The Morgan fingerprint density at radius 3 is 2.81 bits per heavy atom. The first-order valence-electron chi connectivity index (χ1n) is 7.62. The molecular weight excluding hydrogens is 300 g/mol. The smallest absolute Gasteiger partial charge is 0.198 e. The molecule has 2 aromatic rings. The SMILES string of the molecule is Cn1c(C2CC2)nn(CN(Cc2cccs2)C2CC2)c1=S. The van der Waals surface area contributed by atoms with E-state index in [9.17, 15) is 0 Å². The van der Waals surface area contributed by atoms with Crippen LogP contribution in [0.5, 0.6) is 0 Å². The Morgan fingerprint density at radius 2 is 2.19 bits per heavy atom. The summed E-state index contributed by atoms with van der Waals surface area (Å²) in [6.45, 7) is 1.83. The van der Waals surface area contributed by atoms with Crippen LogP contribution in [0, 0.1) is 4.77 Å². The zero-order valence-corrected chi connectivity index (χ0v) is 13.9. The van der Waals surface area contributed by atoms with Crippen LogP contribution >= 0.6 is 23.6 Å². The van der Waals surface area contributed by atoms with Crippen LogP contribution in [-0.2, 0) is 20.3 Å². The molecule has 0 unspecified atom stereocenters. The molecule has 2 aliphatic rings. The standard InChI is InChI=1S/C15H20N4S2/c1-17-14(11-4-5-11)16-19(15(17)20)10-18(12-6-7-12)9-13-3-2-8-21-13/h2-3,8,11-12H,4-7,9-10H2,1H3. The Labute approximate surface area is 134 Å². The largest absolute Gasteiger partial charge is 0.307 e. The molecule has 2 fully saturated rings. The van der Waals surface area contributed by atoms with Gasteiger partial charge in [0.1, 0.15) is 5.82 Å². The second kappa shape index (κ2) is 5.34. The summed E-state index contributed by atoms with van der Waals surface area (Å²) >= 11 is 7.41. The van der Waals surface area contributed by atoms with Crippen LogP contribution in [0.15, 0.2) is 17.5 Å². The maximum absolute atomic E-state index is 5.57. The third kappa shape index (κ3) is 2.84. The fourth-order valence-electron chi connectivity index (χ4n) is 2.80. The monoisotopic (exact) mass is 320 g/mol. The second-order valence-electron chi connectivity index (χ2n) is 6.17. The van der Waals surface area contributed by atoms with Crippen LogP contribution in [0.1, 0.15) is 42.3 Å². The molecule has 0 amide bonds. The minimum absolute atomic E-state index is 0.643. The first-order chi connectivity index (χ1) is 10.2. The molecule has 0 radical (unpaired) electrons. The summed E-state index contributed by atoms with van der Waals surface area (Å²) in [5, 5.41) is 6.94. The van der Waals surface area contributed by atoms with E-state index in [1.807, 2.05) is 16.0 Å². The van der Waals surface area contributed by atoms with Gasteiger partial charge in [-0.25, -0.2) is 4.68 Å². The molecule has 6 heteroatoms. The van der Waals surface area contributed by atoms with Gasteiger partial charge in [-0.3, -0.25) is 4.90 Å². The summed E-state index contributed by atoms with van der Waals surface area (Å²) < 4.78 is 4.98. The molecule has 0 bridgehead atoms. The van der Waals surface area contributed by atoms with Gasteiger partial charge in [-0.2, -0.15) is 5.10 Å². The molecule has 21 heavy (non-hydrogen) atoms. The molecule has 0 atom stereocenters. The molecule has 2 heterocycles. The predicted molar refractivity (Wildman–Crippen MR) is 86.9 cm³/mol. The van der Waals surface area contributed by atoms with Gasteiger partial charge >= 0.3 is 0 Å². The highest BCUT2D eigenvalue weighted by Gasteiger charge is 2.32. The highest BCUT2D eigenvalue weighted by molar-refractivity contribution is 7.71. The van der Waals surface area contributed by atoms with Crippen molar-refractivity contribution in [2.24, 2.45) is 7.05 Å². The van der Waals surface area contributed by atoms with E-state index >= 15 is 0 Å². The van der Waals surface area contributed by atoms with E-state index < -0.39 is 0 Å². The van der Waals surface area contributed by atoms with Crippen molar-refractivity contribution >= 4 is 23.6 Å². The lowest BCUT2D eigenvalue weighted by molar-refractivity contribution is 0.188. The van der Waals surface area contributed by atoms with Crippen molar-refractivity contribution in [3.05, 3.63) is 33.0 Å². The number of nitrogens with zero attached hydrogens (tertiary/aromatic N) is 4. The third-order valence-corrected chi connectivity index (χ3v) is 5.68. The van der Waals surface area contributed by atoms with Gasteiger partial charge in [0.05, 0.1) is 6.67 Å². The van der Waals surface area contributed by atoms with Crippen molar-refractivity contribution < 1.29 is 0 Å². The normalized spacial score (nSPS) is 18.6. The molecular formula is C15H20N4S2. The van der Waals surface area contributed by atoms with Crippen LogP contribution in [0.3, 0.4) is 0 Å². The average molecular weight is 320 g/mol. The molecule has 0 N–H and O–H groups in total. The van der Waals surface area contributed by atoms with Crippen molar-refractivity contribution in [2.45, 2.75) is 50.9 Å². The van der Waals surface area contributed by atoms with Crippen LogP contribution in [-0.4, -0.2) is 25.3 Å². The van der Waals surface area contributed by atoms with E-state index in [2.05, 4.69) is 34.0 Å². The summed E-state index contributed by atoms with van der Waals surface area (Å²) in [6, 6.07) is 5.05. The van der Waals surface area contributed by atoms with Gasteiger partial charge in [-0.1, -0.05) is 6.07 Å². The summed E-state index contributed by atoms with van der Waals surface area (Å²) in [5.74, 6) is 1.82. The van der Waals surface area contributed by atoms with Gasteiger partial charge in [0, 0.05) is 30.4 Å². The van der Waals surface area contributed by atoms with E-state index in [0.717, 1.165) is 18.0 Å². The first kappa shape index (κ1) is 13.7. The van der Waals surface area contributed by atoms with Crippen molar-refractivity contribution in [1.82, 2.24) is 19.2 Å². The number of hydrogen-bond acceptors (Lipinski definition) is 4. The molecule has 2 saturated carbocycles. The van der Waals surface area contributed by atoms with Crippen molar-refractivity contribution in [2.75, 3.05) is 0 Å².